The zero-order valence-corrected chi connectivity index (χ0v) is 30.9. The van der Waals surface area contributed by atoms with Crippen LogP contribution in [0.3, 0.4) is 0 Å². The highest BCUT2D eigenvalue weighted by molar-refractivity contribution is 5.96. The lowest BCUT2D eigenvalue weighted by Gasteiger charge is -2.49. The number of aliphatic hydroxyl groups is 6. The van der Waals surface area contributed by atoms with Crippen molar-refractivity contribution in [3.63, 3.8) is 0 Å². The molecule has 0 spiro atoms. The summed E-state index contributed by atoms with van der Waals surface area (Å²) >= 11 is 0. The van der Waals surface area contributed by atoms with Crippen molar-refractivity contribution in [3.05, 3.63) is 41.5 Å². The predicted octanol–water partition coefficient (Wildman–Crippen LogP) is -2.41. The van der Waals surface area contributed by atoms with Crippen LogP contribution in [0.5, 0.6) is 0 Å². The molecule has 308 valence electrons. The fourth-order valence-corrected chi connectivity index (χ4v) is 9.18. The van der Waals surface area contributed by atoms with Crippen LogP contribution in [-0.4, -0.2) is 159 Å². The van der Waals surface area contributed by atoms with Gasteiger partial charge in [0, 0.05) is 24.8 Å². The molecule has 8 N–H and O–H groups in total. The normalized spacial score (nSPS) is 38.5. The van der Waals surface area contributed by atoms with Crippen molar-refractivity contribution in [2.75, 3.05) is 26.4 Å². The minimum absolute atomic E-state index is 0.00942. The molecule has 4 saturated heterocycles. The molecule has 3 aliphatic carbocycles. The van der Waals surface area contributed by atoms with Gasteiger partial charge in [0.25, 0.3) is 0 Å². The molecule has 1 aromatic rings. The number of amides is 2. The summed E-state index contributed by atoms with van der Waals surface area (Å²) in [5.41, 5.74) is -0.225. The number of fused-ring (bicyclic) bond motifs is 4. The molecule has 2 amide bonds. The van der Waals surface area contributed by atoms with Gasteiger partial charge in [0.2, 0.25) is 11.8 Å². The highest BCUT2D eigenvalue weighted by atomic mass is 16.8. The fourth-order valence-electron chi connectivity index (χ4n) is 9.18. The largest absolute Gasteiger partial charge is 0.458 e. The lowest BCUT2D eigenvalue weighted by molar-refractivity contribution is -0.298. The summed E-state index contributed by atoms with van der Waals surface area (Å²) in [6.07, 6.45) is -4.59. The Morgan fingerprint density at radius 1 is 1.04 bits per heavy atom. The fraction of sp³-hybridized carbons (Fsp3) is 0.711. The second-order valence-electron chi connectivity index (χ2n) is 16.0. The van der Waals surface area contributed by atoms with Crippen molar-refractivity contribution >= 4 is 23.9 Å². The number of aliphatic hydroxyl groups excluding tert-OH is 6. The van der Waals surface area contributed by atoms with Crippen LogP contribution < -0.4 is 10.6 Å². The smallest absolute Gasteiger partial charge is 0.327 e. The number of nitrogens with zero attached hydrogens (tertiary/aromatic N) is 1. The Labute approximate surface area is 322 Å². The van der Waals surface area contributed by atoms with Gasteiger partial charge in [0.1, 0.15) is 60.3 Å². The van der Waals surface area contributed by atoms with E-state index in [2.05, 4.69) is 10.6 Å². The number of rotatable bonds is 15. The summed E-state index contributed by atoms with van der Waals surface area (Å²) in [6.45, 7) is 0.264. The summed E-state index contributed by atoms with van der Waals surface area (Å²) in [5, 5.41) is 66.5. The number of benzene rings is 1. The Balaban J connectivity index is 1.06. The van der Waals surface area contributed by atoms with Gasteiger partial charge >= 0.3 is 5.97 Å². The molecule has 18 nitrogen and oxygen atoms in total. The predicted molar refractivity (Wildman–Crippen MR) is 188 cm³/mol. The van der Waals surface area contributed by atoms with Crippen molar-refractivity contribution in [2.24, 2.45) is 17.3 Å². The Kier molecular flexibility index (Phi) is 11.0. The Morgan fingerprint density at radius 3 is 2.43 bits per heavy atom. The van der Waals surface area contributed by atoms with Gasteiger partial charge in [-0.25, -0.2) is 0 Å². The molecule has 0 aromatic heterocycles. The lowest BCUT2D eigenvalue weighted by atomic mass is 9.62. The molecule has 7 aliphatic rings. The van der Waals surface area contributed by atoms with Crippen LogP contribution in [0, 0.1) is 17.3 Å². The average molecular weight is 790 g/mol. The number of esters is 1. The van der Waals surface area contributed by atoms with Gasteiger partial charge < -0.3 is 65.0 Å². The van der Waals surface area contributed by atoms with Crippen molar-refractivity contribution in [3.8, 4) is 0 Å². The monoisotopic (exact) mass is 789 g/mol. The van der Waals surface area contributed by atoms with Crippen LogP contribution >= 0.6 is 0 Å². The standard InChI is InChI=1S/C38H51N3O15/c1-18(44)25(33(48)39-12-13-42)40-36(50)37-15-23-29-30(55-38(54-29,21-8-9-21)22-10-11-22)32(37)56-41(31(37)34(49)52-23)16-20-6-3-2-5-19(20)7-4-14-51-35-28(47)27(46)26(45)24(17-43)53-35/h2-7,18,21-32,35,42-47H,8-17H2,1H3,(H,39,48)(H,40,50)/t18-,23+,24+,25+,26-,27-,28+,29-,30-,31-,32+,35-,37-/m0/s1. The third-order valence-electron chi connectivity index (χ3n) is 12.3. The molecule has 0 unspecified atom stereocenters. The number of hydrogen-bond donors (Lipinski definition) is 8. The molecule has 13 atom stereocenters. The molecule has 3 saturated carbocycles. The second kappa shape index (κ2) is 15.6. The quantitative estimate of drug-likeness (QED) is 0.0862. The first-order valence-electron chi connectivity index (χ1n) is 19.5. The van der Waals surface area contributed by atoms with Gasteiger partial charge in [-0.05, 0) is 43.7 Å². The van der Waals surface area contributed by atoms with Gasteiger partial charge in [0.05, 0.1) is 32.5 Å². The number of hydrogen-bond acceptors (Lipinski definition) is 16. The minimum Gasteiger partial charge on any atom is -0.458 e. The van der Waals surface area contributed by atoms with E-state index in [9.17, 15) is 45.0 Å². The highest BCUT2D eigenvalue weighted by Crippen LogP contribution is 2.63. The average Bonchev–Trinajstić information content (AvgIpc) is 4.13. The van der Waals surface area contributed by atoms with Crippen LogP contribution in [-0.2, 0) is 49.5 Å². The molecular weight excluding hydrogens is 738 g/mol. The van der Waals surface area contributed by atoms with E-state index in [-0.39, 0.29) is 44.6 Å². The molecule has 4 heterocycles. The molecular formula is C38H51N3O15. The highest BCUT2D eigenvalue weighted by Gasteiger charge is 2.78. The van der Waals surface area contributed by atoms with Gasteiger partial charge in [-0.1, -0.05) is 36.4 Å². The van der Waals surface area contributed by atoms with E-state index in [4.69, 9.17) is 28.5 Å². The summed E-state index contributed by atoms with van der Waals surface area (Å²) in [7, 11) is 0. The van der Waals surface area contributed by atoms with Crippen molar-refractivity contribution in [1.82, 2.24) is 15.7 Å². The first-order chi connectivity index (χ1) is 26.9. The molecule has 18 heteroatoms. The van der Waals surface area contributed by atoms with E-state index in [1.807, 2.05) is 18.2 Å². The van der Waals surface area contributed by atoms with Gasteiger partial charge in [-0.2, -0.15) is 5.06 Å². The van der Waals surface area contributed by atoms with E-state index >= 15 is 0 Å². The molecule has 8 rings (SSSR count). The topological polar surface area (TPSA) is 255 Å². The van der Waals surface area contributed by atoms with E-state index < -0.39 is 109 Å². The number of ether oxygens (including phenoxy) is 5. The van der Waals surface area contributed by atoms with E-state index in [0.29, 0.717) is 11.1 Å². The summed E-state index contributed by atoms with van der Waals surface area (Å²) in [6, 6.07) is 4.58. The minimum atomic E-state index is -1.61. The molecule has 0 radical (unpaired) electrons. The third-order valence-corrected chi connectivity index (χ3v) is 12.3. The van der Waals surface area contributed by atoms with E-state index in [0.717, 1.165) is 25.7 Å². The number of hydroxylamine groups is 2. The van der Waals surface area contributed by atoms with Crippen LogP contribution in [0.15, 0.2) is 30.3 Å². The first kappa shape index (κ1) is 39.7. The summed E-state index contributed by atoms with van der Waals surface area (Å²) in [4.78, 5) is 48.7. The second-order valence-corrected chi connectivity index (χ2v) is 16.0. The maximum atomic E-state index is 14.8. The van der Waals surface area contributed by atoms with E-state index in [1.165, 1.54) is 12.0 Å². The van der Waals surface area contributed by atoms with Crippen molar-refractivity contribution in [2.45, 2.75) is 125 Å². The first-order valence-corrected chi connectivity index (χ1v) is 19.5. The van der Waals surface area contributed by atoms with Crippen molar-refractivity contribution < 1.29 is 73.5 Å². The molecule has 4 aliphatic heterocycles. The van der Waals surface area contributed by atoms with Gasteiger partial charge in [0.15, 0.2) is 18.1 Å². The van der Waals surface area contributed by atoms with Gasteiger partial charge in [-0.3, -0.25) is 19.2 Å². The molecule has 1 aromatic carbocycles. The molecule has 56 heavy (non-hydrogen) atoms. The van der Waals surface area contributed by atoms with Crippen molar-refractivity contribution in [1.29, 1.82) is 0 Å². The molecule has 2 bridgehead atoms. The van der Waals surface area contributed by atoms with Crippen LogP contribution in [0.25, 0.3) is 6.08 Å². The summed E-state index contributed by atoms with van der Waals surface area (Å²) < 4.78 is 30.8. The van der Waals surface area contributed by atoms with Crippen LogP contribution in [0.2, 0.25) is 0 Å². The zero-order chi connectivity index (χ0) is 39.5. The van der Waals surface area contributed by atoms with Gasteiger partial charge in [-0.15, -0.1) is 0 Å². The van der Waals surface area contributed by atoms with Crippen LogP contribution in [0.4, 0.5) is 0 Å². The Bertz CT molecular complexity index is 1660. The Hall–Kier alpha value is -3.11. The maximum Gasteiger partial charge on any atom is 0.327 e. The summed E-state index contributed by atoms with van der Waals surface area (Å²) in [5.74, 6) is -2.61. The SMILES string of the molecule is C[C@H](O)[C@@H](NC(=O)[C@@]12C[C@H]3OC(=O)[C@@H]1N(Cc1ccccc1C=CCO[C@H]1O[C@H](CO)[C@H](O)[C@H](O)[C@H]1O)O[C@@H]2[C@H]1OC(C2CC2)(C2CC2)O[C@H]13)C(=O)NCCO. The maximum absolute atomic E-state index is 14.8. The lowest BCUT2D eigenvalue weighted by Crippen LogP contribution is -2.71. The van der Waals surface area contributed by atoms with E-state index in [1.54, 1.807) is 18.2 Å². The zero-order valence-electron chi connectivity index (χ0n) is 30.9. The molecule has 7 fully saturated rings. The number of carbonyl (C=O) groups is 3. The number of carbonyl (C=O) groups excluding carboxylic acids is 3. The van der Waals surface area contributed by atoms with Crippen LogP contribution in [0.1, 0.15) is 50.2 Å². The Morgan fingerprint density at radius 2 is 1.75 bits per heavy atom. The number of nitrogens with one attached hydrogen (secondary N) is 2. The third kappa shape index (κ3) is 6.86.